The van der Waals surface area contributed by atoms with Crippen molar-refractivity contribution >= 4 is 6.03 Å². The minimum atomic E-state index is -0.449. The number of nitrogens with one attached hydrogen (secondary N) is 1. The van der Waals surface area contributed by atoms with Crippen LogP contribution in [0.4, 0.5) is 4.79 Å². The molecule has 0 aromatic heterocycles. The SMILES string of the molecule is CCCCCCCC(CCC(CC)NC(N)=O)OCCC(OCC)OCC. The summed E-state index contributed by atoms with van der Waals surface area (Å²) >= 11 is 0. The van der Waals surface area contributed by atoms with Crippen LogP contribution in [0.5, 0.6) is 0 Å². The van der Waals surface area contributed by atoms with Crippen LogP contribution in [0.2, 0.25) is 0 Å². The number of nitrogens with two attached hydrogens (primary N) is 1. The van der Waals surface area contributed by atoms with E-state index >= 15 is 0 Å². The van der Waals surface area contributed by atoms with Crippen molar-refractivity contribution in [2.45, 2.75) is 110 Å². The van der Waals surface area contributed by atoms with E-state index in [2.05, 4.69) is 19.2 Å². The van der Waals surface area contributed by atoms with Gasteiger partial charge < -0.3 is 25.3 Å². The van der Waals surface area contributed by atoms with Crippen LogP contribution >= 0.6 is 0 Å². The van der Waals surface area contributed by atoms with Crippen LogP contribution in [0.15, 0.2) is 0 Å². The molecule has 6 nitrogen and oxygen atoms in total. The molecule has 0 aliphatic rings. The Labute approximate surface area is 166 Å². The van der Waals surface area contributed by atoms with Gasteiger partial charge in [-0.05, 0) is 39.5 Å². The summed E-state index contributed by atoms with van der Waals surface area (Å²) in [6.45, 7) is 10.2. The van der Waals surface area contributed by atoms with E-state index in [9.17, 15) is 4.79 Å². The van der Waals surface area contributed by atoms with Crippen molar-refractivity contribution < 1.29 is 19.0 Å². The molecular weight excluding hydrogens is 344 g/mol. The van der Waals surface area contributed by atoms with Crippen molar-refractivity contribution in [1.82, 2.24) is 5.32 Å². The molecule has 27 heavy (non-hydrogen) atoms. The summed E-state index contributed by atoms with van der Waals surface area (Å²) in [4.78, 5) is 11.1. The lowest BCUT2D eigenvalue weighted by atomic mass is 10.0. The maximum absolute atomic E-state index is 11.1. The van der Waals surface area contributed by atoms with E-state index in [1.807, 2.05) is 13.8 Å². The smallest absolute Gasteiger partial charge is 0.312 e. The van der Waals surface area contributed by atoms with Gasteiger partial charge in [-0.1, -0.05) is 46.0 Å². The van der Waals surface area contributed by atoms with Gasteiger partial charge in [0.1, 0.15) is 0 Å². The molecule has 2 amide bonds. The molecule has 0 spiro atoms. The Hall–Kier alpha value is -0.850. The van der Waals surface area contributed by atoms with Crippen LogP contribution in [0.3, 0.4) is 0 Å². The molecule has 6 heteroatoms. The Bertz CT molecular complexity index is 336. The van der Waals surface area contributed by atoms with Gasteiger partial charge in [-0.25, -0.2) is 4.79 Å². The number of hydrogen-bond donors (Lipinski definition) is 2. The normalized spacial score (nSPS) is 13.7. The fourth-order valence-corrected chi connectivity index (χ4v) is 3.17. The van der Waals surface area contributed by atoms with Crippen molar-refractivity contribution in [2.75, 3.05) is 19.8 Å². The summed E-state index contributed by atoms with van der Waals surface area (Å²) in [7, 11) is 0. The number of carbonyl (C=O) groups excluding carboxylic acids is 1. The summed E-state index contributed by atoms with van der Waals surface area (Å²) in [5.74, 6) is 0. The molecule has 0 saturated heterocycles. The molecule has 0 fully saturated rings. The molecule has 0 aliphatic carbocycles. The molecule has 0 aromatic rings. The van der Waals surface area contributed by atoms with Crippen LogP contribution < -0.4 is 11.1 Å². The maximum atomic E-state index is 11.1. The molecule has 0 rings (SSSR count). The molecule has 162 valence electrons. The lowest BCUT2D eigenvalue weighted by Gasteiger charge is -2.23. The number of ether oxygens (including phenoxy) is 3. The van der Waals surface area contributed by atoms with Crippen LogP contribution in [0.25, 0.3) is 0 Å². The van der Waals surface area contributed by atoms with Gasteiger partial charge in [0, 0.05) is 25.7 Å². The lowest BCUT2D eigenvalue weighted by molar-refractivity contribution is -0.149. The Kier molecular flexibility index (Phi) is 17.9. The predicted molar refractivity (Wildman–Crippen MR) is 111 cm³/mol. The van der Waals surface area contributed by atoms with Crippen molar-refractivity contribution in [3.63, 3.8) is 0 Å². The summed E-state index contributed by atoms with van der Waals surface area (Å²) in [5, 5.41) is 2.82. The molecule has 0 heterocycles. The molecule has 0 radical (unpaired) electrons. The quantitative estimate of drug-likeness (QED) is 0.247. The first-order valence-electron chi connectivity index (χ1n) is 11.0. The first kappa shape index (κ1) is 26.1. The molecule has 3 N–H and O–H groups in total. The van der Waals surface area contributed by atoms with Crippen molar-refractivity contribution in [1.29, 1.82) is 0 Å². The Balaban J connectivity index is 4.37. The highest BCUT2D eigenvalue weighted by molar-refractivity contribution is 5.71. The highest BCUT2D eigenvalue weighted by Gasteiger charge is 2.15. The van der Waals surface area contributed by atoms with Gasteiger partial charge >= 0.3 is 6.03 Å². The van der Waals surface area contributed by atoms with E-state index < -0.39 is 6.03 Å². The highest BCUT2D eigenvalue weighted by Crippen LogP contribution is 2.16. The van der Waals surface area contributed by atoms with Crippen LogP contribution in [0, 0.1) is 0 Å². The van der Waals surface area contributed by atoms with Crippen molar-refractivity contribution in [2.24, 2.45) is 5.73 Å². The van der Waals surface area contributed by atoms with E-state index in [0.717, 1.165) is 32.1 Å². The van der Waals surface area contributed by atoms with E-state index in [1.165, 1.54) is 32.1 Å². The van der Waals surface area contributed by atoms with Gasteiger partial charge in [-0.2, -0.15) is 0 Å². The minimum absolute atomic E-state index is 0.119. The lowest BCUT2D eigenvalue weighted by Crippen LogP contribution is -2.38. The maximum Gasteiger partial charge on any atom is 0.312 e. The van der Waals surface area contributed by atoms with Gasteiger partial charge in [0.05, 0.1) is 12.7 Å². The number of amides is 2. The largest absolute Gasteiger partial charge is 0.378 e. The van der Waals surface area contributed by atoms with Gasteiger partial charge in [-0.15, -0.1) is 0 Å². The second-order valence-corrected chi connectivity index (χ2v) is 7.02. The molecule has 0 aromatic carbocycles. The topological polar surface area (TPSA) is 82.8 Å². The summed E-state index contributed by atoms with van der Waals surface area (Å²) in [5.41, 5.74) is 5.26. The predicted octanol–water partition coefficient (Wildman–Crippen LogP) is 4.75. The molecular formula is C21H44N2O4. The van der Waals surface area contributed by atoms with Gasteiger partial charge in [0.25, 0.3) is 0 Å². The second kappa shape index (κ2) is 18.5. The van der Waals surface area contributed by atoms with Gasteiger partial charge in [-0.3, -0.25) is 0 Å². The molecule has 2 atom stereocenters. The minimum Gasteiger partial charge on any atom is -0.378 e. The Morgan fingerprint density at radius 1 is 0.852 bits per heavy atom. The standard InChI is InChI=1S/C21H44N2O4/c1-5-9-10-11-12-13-19(15-14-18(6-2)23-21(22)24)27-17-16-20(25-7-3)26-8-4/h18-20H,5-17H2,1-4H3,(H3,22,23,24). The van der Waals surface area contributed by atoms with Crippen molar-refractivity contribution in [3.05, 3.63) is 0 Å². The molecule has 2 unspecified atom stereocenters. The third kappa shape index (κ3) is 15.9. The van der Waals surface area contributed by atoms with Crippen LogP contribution in [-0.4, -0.2) is 44.3 Å². The average Bonchev–Trinajstić information content (AvgIpc) is 2.64. The fourth-order valence-electron chi connectivity index (χ4n) is 3.17. The number of unbranched alkanes of at least 4 members (excludes halogenated alkanes) is 4. The van der Waals surface area contributed by atoms with E-state index in [1.54, 1.807) is 0 Å². The van der Waals surface area contributed by atoms with Gasteiger partial charge in [0.15, 0.2) is 6.29 Å². The number of primary amides is 1. The fraction of sp³-hybridized carbons (Fsp3) is 0.952. The molecule has 0 bridgehead atoms. The van der Waals surface area contributed by atoms with Crippen molar-refractivity contribution in [3.8, 4) is 0 Å². The van der Waals surface area contributed by atoms with Gasteiger partial charge in [0.2, 0.25) is 0 Å². The van der Waals surface area contributed by atoms with Crippen LogP contribution in [-0.2, 0) is 14.2 Å². The summed E-state index contributed by atoms with van der Waals surface area (Å²) < 4.78 is 17.3. The highest BCUT2D eigenvalue weighted by atomic mass is 16.7. The van der Waals surface area contributed by atoms with E-state index in [0.29, 0.717) is 19.8 Å². The number of carbonyl (C=O) groups is 1. The second-order valence-electron chi connectivity index (χ2n) is 7.02. The monoisotopic (exact) mass is 388 g/mol. The number of rotatable bonds is 19. The molecule has 0 aliphatic heterocycles. The third-order valence-electron chi connectivity index (χ3n) is 4.72. The Morgan fingerprint density at radius 2 is 1.52 bits per heavy atom. The summed E-state index contributed by atoms with van der Waals surface area (Å²) in [6.07, 6.45) is 10.8. The Morgan fingerprint density at radius 3 is 2.07 bits per heavy atom. The molecule has 0 saturated carbocycles. The first-order chi connectivity index (χ1) is 13.1. The number of hydrogen-bond acceptors (Lipinski definition) is 4. The van der Waals surface area contributed by atoms with E-state index in [4.69, 9.17) is 19.9 Å². The zero-order valence-corrected chi connectivity index (χ0v) is 18.1. The third-order valence-corrected chi connectivity index (χ3v) is 4.72. The van der Waals surface area contributed by atoms with E-state index in [-0.39, 0.29) is 18.4 Å². The zero-order valence-electron chi connectivity index (χ0n) is 18.1. The number of urea groups is 1. The summed E-state index contributed by atoms with van der Waals surface area (Å²) in [6, 6.07) is -0.330. The average molecular weight is 389 g/mol. The zero-order chi connectivity index (χ0) is 20.3. The van der Waals surface area contributed by atoms with Crippen LogP contribution in [0.1, 0.15) is 91.9 Å². The first-order valence-corrected chi connectivity index (χ1v) is 11.0.